The van der Waals surface area contributed by atoms with Crippen LogP contribution in [0.1, 0.15) is 13.8 Å². The van der Waals surface area contributed by atoms with Crippen molar-refractivity contribution in [3.05, 3.63) is 41.1 Å². The van der Waals surface area contributed by atoms with Crippen molar-refractivity contribution in [2.24, 2.45) is 5.73 Å². The largest absolute Gasteiger partial charge is 0.342 e. The van der Waals surface area contributed by atoms with Gasteiger partial charge in [-0.1, -0.05) is 28.1 Å². The number of benzene rings is 1. The van der Waals surface area contributed by atoms with Crippen molar-refractivity contribution in [1.29, 1.82) is 0 Å². The Morgan fingerprint density at radius 1 is 1.20 bits per heavy atom. The molecular formula is C15H19BrN4. The Morgan fingerprint density at radius 3 is 2.40 bits per heavy atom. The topological polar surface area (TPSA) is 55.0 Å². The van der Waals surface area contributed by atoms with Gasteiger partial charge in [0.05, 0.1) is 0 Å². The quantitative estimate of drug-likeness (QED) is 0.933. The van der Waals surface area contributed by atoms with Crippen molar-refractivity contribution in [3.8, 4) is 11.1 Å². The highest BCUT2D eigenvalue weighted by molar-refractivity contribution is 9.10. The molecule has 1 aromatic carbocycles. The van der Waals surface area contributed by atoms with E-state index in [0.29, 0.717) is 12.5 Å². The van der Waals surface area contributed by atoms with Crippen LogP contribution in [0.4, 0.5) is 5.95 Å². The Balaban J connectivity index is 2.18. The lowest BCUT2D eigenvalue weighted by molar-refractivity contribution is 0.515. The number of rotatable bonds is 4. The number of hydrogen-bond donors (Lipinski definition) is 1. The summed E-state index contributed by atoms with van der Waals surface area (Å²) in [4.78, 5) is 10.8. The van der Waals surface area contributed by atoms with Crippen LogP contribution in [-0.2, 0) is 0 Å². The molecule has 2 rings (SSSR count). The Labute approximate surface area is 128 Å². The first-order valence-corrected chi connectivity index (χ1v) is 7.22. The molecule has 4 nitrogen and oxygen atoms in total. The number of nitrogens with two attached hydrogens (primary N) is 1. The van der Waals surface area contributed by atoms with Crippen LogP contribution in [0, 0.1) is 0 Å². The lowest BCUT2D eigenvalue weighted by Gasteiger charge is -2.26. The maximum atomic E-state index is 6.01. The Bertz CT molecular complexity index is 575. The van der Waals surface area contributed by atoms with E-state index >= 15 is 0 Å². The molecule has 5 heteroatoms. The van der Waals surface area contributed by atoms with Crippen molar-refractivity contribution in [2.45, 2.75) is 19.4 Å². The van der Waals surface area contributed by atoms with Crippen LogP contribution in [0.3, 0.4) is 0 Å². The van der Waals surface area contributed by atoms with Gasteiger partial charge in [0.15, 0.2) is 0 Å². The van der Waals surface area contributed by atoms with Gasteiger partial charge >= 0.3 is 0 Å². The summed E-state index contributed by atoms with van der Waals surface area (Å²) in [6, 6.07) is 8.08. The van der Waals surface area contributed by atoms with Gasteiger partial charge in [0, 0.05) is 41.6 Å². The molecule has 0 aliphatic rings. The maximum absolute atomic E-state index is 6.01. The monoisotopic (exact) mass is 334 g/mol. The van der Waals surface area contributed by atoms with Crippen molar-refractivity contribution in [2.75, 3.05) is 18.5 Å². The van der Waals surface area contributed by atoms with Gasteiger partial charge in [-0.15, -0.1) is 0 Å². The van der Waals surface area contributed by atoms with Crippen molar-refractivity contribution in [1.82, 2.24) is 9.97 Å². The van der Waals surface area contributed by atoms with E-state index in [-0.39, 0.29) is 5.54 Å². The molecule has 1 aromatic heterocycles. The predicted molar refractivity (Wildman–Crippen MR) is 86.7 cm³/mol. The molecule has 0 aliphatic heterocycles. The van der Waals surface area contributed by atoms with Crippen molar-refractivity contribution in [3.63, 3.8) is 0 Å². The summed E-state index contributed by atoms with van der Waals surface area (Å²) in [5.41, 5.74) is 7.82. The average Bonchev–Trinajstić information content (AvgIpc) is 2.37. The van der Waals surface area contributed by atoms with E-state index in [2.05, 4.69) is 25.9 Å². The number of nitrogens with zero attached hydrogens (tertiary/aromatic N) is 3. The molecule has 0 aliphatic carbocycles. The second kappa shape index (κ2) is 5.89. The first-order valence-electron chi connectivity index (χ1n) is 6.43. The smallest absolute Gasteiger partial charge is 0.225 e. The first-order chi connectivity index (χ1) is 9.35. The molecular weight excluding hydrogens is 316 g/mol. The van der Waals surface area contributed by atoms with E-state index in [0.717, 1.165) is 15.6 Å². The lowest BCUT2D eigenvalue weighted by atomic mass is 10.1. The molecule has 106 valence electrons. The van der Waals surface area contributed by atoms with E-state index in [9.17, 15) is 0 Å². The number of anilines is 1. The fourth-order valence-corrected chi connectivity index (χ4v) is 2.42. The fraction of sp³-hybridized carbons (Fsp3) is 0.333. The van der Waals surface area contributed by atoms with Crippen LogP contribution in [0.2, 0.25) is 0 Å². The molecule has 2 aromatic rings. The third kappa shape index (κ3) is 4.02. The minimum atomic E-state index is -0.277. The summed E-state index contributed by atoms with van der Waals surface area (Å²) < 4.78 is 1.04. The van der Waals surface area contributed by atoms with Crippen LogP contribution < -0.4 is 10.6 Å². The van der Waals surface area contributed by atoms with Crippen LogP contribution in [0.5, 0.6) is 0 Å². The molecule has 0 atom stereocenters. The summed E-state index contributed by atoms with van der Waals surface area (Å²) >= 11 is 3.47. The van der Waals surface area contributed by atoms with E-state index in [1.165, 1.54) is 0 Å². The van der Waals surface area contributed by atoms with Gasteiger partial charge in [-0.25, -0.2) is 9.97 Å². The SMILES string of the molecule is CN(CC(C)(C)N)c1ncc(-c2cccc(Br)c2)cn1. The van der Waals surface area contributed by atoms with Gasteiger partial charge in [-0.3, -0.25) is 0 Å². The van der Waals surface area contributed by atoms with Crippen LogP contribution in [-0.4, -0.2) is 29.1 Å². The molecule has 1 heterocycles. The summed E-state index contributed by atoms with van der Waals surface area (Å²) in [5.74, 6) is 0.683. The third-order valence-electron chi connectivity index (χ3n) is 2.78. The van der Waals surface area contributed by atoms with E-state index < -0.39 is 0 Å². The minimum Gasteiger partial charge on any atom is -0.342 e. The minimum absolute atomic E-state index is 0.277. The second-order valence-electron chi connectivity index (χ2n) is 5.63. The highest BCUT2D eigenvalue weighted by Gasteiger charge is 2.15. The van der Waals surface area contributed by atoms with Crippen LogP contribution in [0.25, 0.3) is 11.1 Å². The standard InChI is InChI=1S/C15H19BrN4/c1-15(2,17)10-20(3)14-18-8-12(9-19-14)11-5-4-6-13(16)7-11/h4-9H,10,17H2,1-3H3. The van der Waals surface area contributed by atoms with Crippen molar-refractivity contribution >= 4 is 21.9 Å². The number of halogens is 1. The van der Waals surface area contributed by atoms with Crippen molar-refractivity contribution < 1.29 is 0 Å². The molecule has 0 saturated carbocycles. The summed E-state index contributed by atoms with van der Waals surface area (Å²) in [5, 5.41) is 0. The summed E-state index contributed by atoms with van der Waals surface area (Å²) in [6.45, 7) is 4.67. The number of aromatic nitrogens is 2. The van der Waals surface area contributed by atoms with Crippen LogP contribution >= 0.6 is 15.9 Å². The Kier molecular flexibility index (Phi) is 4.40. The summed E-state index contributed by atoms with van der Waals surface area (Å²) in [6.07, 6.45) is 3.67. The highest BCUT2D eigenvalue weighted by Crippen LogP contribution is 2.22. The number of hydrogen-bond acceptors (Lipinski definition) is 4. The fourth-order valence-electron chi connectivity index (χ4n) is 2.02. The molecule has 0 saturated heterocycles. The predicted octanol–water partition coefficient (Wildman–Crippen LogP) is 3.08. The molecule has 0 spiro atoms. The molecule has 0 bridgehead atoms. The van der Waals surface area contributed by atoms with Crippen LogP contribution in [0.15, 0.2) is 41.1 Å². The van der Waals surface area contributed by atoms with Gasteiger partial charge in [0.1, 0.15) is 0 Å². The zero-order valence-electron chi connectivity index (χ0n) is 12.0. The van der Waals surface area contributed by atoms with E-state index in [1.54, 1.807) is 0 Å². The molecule has 0 fully saturated rings. The molecule has 0 unspecified atom stereocenters. The third-order valence-corrected chi connectivity index (χ3v) is 3.28. The van der Waals surface area contributed by atoms with Gasteiger partial charge in [0.25, 0.3) is 0 Å². The first kappa shape index (κ1) is 14.9. The Hall–Kier alpha value is -1.46. The van der Waals surface area contributed by atoms with E-state index in [4.69, 9.17) is 5.73 Å². The molecule has 0 amide bonds. The molecule has 20 heavy (non-hydrogen) atoms. The van der Waals surface area contributed by atoms with Gasteiger partial charge < -0.3 is 10.6 Å². The van der Waals surface area contributed by atoms with Gasteiger partial charge in [-0.05, 0) is 31.5 Å². The summed E-state index contributed by atoms with van der Waals surface area (Å²) in [7, 11) is 1.95. The molecule has 2 N–H and O–H groups in total. The maximum Gasteiger partial charge on any atom is 0.225 e. The molecule has 0 radical (unpaired) electrons. The van der Waals surface area contributed by atoms with E-state index in [1.807, 2.05) is 62.5 Å². The second-order valence-corrected chi connectivity index (χ2v) is 6.54. The normalized spacial score (nSPS) is 11.4. The highest BCUT2D eigenvalue weighted by atomic mass is 79.9. The zero-order valence-corrected chi connectivity index (χ0v) is 13.6. The van der Waals surface area contributed by atoms with Gasteiger partial charge in [0.2, 0.25) is 5.95 Å². The number of likely N-dealkylation sites (N-methyl/N-ethyl adjacent to an activating group) is 1. The lowest BCUT2D eigenvalue weighted by Crippen LogP contribution is -2.44. The zero-order chi connectivity index (χ0) is 14.8. The van der Waals surface area contributed by atoms with Gasteiger partial charge in [-0.2, -0.15) is 0 Å². The Morgan fingerprint density at radius 2 is 1.85 bits per heavy atom. The average molecular weight is 335 g/mol.